The van der Waals surface area contributed by atoms with Gasteiger partial charge in [-0.05, 0) is 42.9 Å². The lowest BCUT2D eigenvalue weighted by Gasteiger charge is -2.41. The normalized spacial score (nSPS) is 46.7. The summed E-state index contributed by atoms with van der Waals surface area (Å²) >= 11 is 1.54. The maximum Gasteiger partial charge on any atom is 0.132 e. The zero-order valence-corrected chi connectivity index (χ0v) is 17.8. The zero-order valence-electron chi connectivity index (χ0n) is 17.0. The molecular formula is C20H37NO5S. The summed E-state index contributed by atoms with van der Waals surface area (Å²) in [6.07, 6.45) is 1.19. The average Bonchev–Trinajstić information content (AvgIpc) is 3.06. The molecule has 0 aromatic heterocycles. The maximum absolute atomic E-state index is 10.4. The average molecular weight is 404 g/mol. The van der Waals surface area contributed by atoms with E-state index in [2.05, 4.69) is 33.0 Å². The van der Waals surface area contributed by atoms with Crippen LogP contribution in [0.4, 0.5) is 0 Å². The number of aliphatic hydroxyl groups excluding tert-OH is 4. The van der Waals surface area contributed by atoms with E-state index in [-0.39, 0.29) is 17.3 Å². The van der Waals surface area contributed by atoms with Crippen molar-refractivity contribution in [2.24, 2.45) is 10.8 Å². The van der Waals surface area contributed by atoms with Gasteiger partial charge in [0.2, 0.25) is 0 Å². The number of thioether (sulfide) groups is 1. The molecule has 0 aromatic rings. The molecule has 3 fully saturated rings. The summed E-state index contributed by atoms with van der Waals surface area (Å²) in [5, 5.41) is 43.9. The lowest BCUT2D eigenvalue weighted by Crippen LogP contribution is -2.58. The van der Waals surface area contributed by atoms with Crippen LogP contribution in [-0.2, 0) is 4.74 Å². The molecule has 158 valence electrons. The van der Waals surface area contributed by atoms with E-state index in [1.807, 2.05) is 0 Å². The van der Waals surface area contributed by atoms with Gasteiger partial charge in [0.05, 0.1) is 6.61 Å². The van der Waals surface area contributed by atoms with E-state index < -0.39 is 29.9 Å². The molecule has 1 heterocycles. The summed E-state index contributed by atoms with van der Waals surface area (Å²) in [6.45, 7) is 8.79. The number of hydrogen-bond acceptors (Lipinski definition) is 7. The molecule has 6 nitrogen and oxygen atoms in total. The summed E-state index contributed by atoms with van der Waals surface area (Å²) < 4.78 is 5.71. The largest absolute Gasteiger partial charge is 0.394 e. The zero-order chi connectivity index (χ0) is 20.0. The third kappa shape index (κ3) is 4.82. The van der Waals surface area contributed by atoms with Gasteiger partial charge in [0, 0.05) is 17.3 Å². The molecule has 0 amide bonds. The van der Waals surface area contributed by atoms with E-state index in [0.29, 0.717) is 17.5 Å². The third-order valence-corrected chi connectivity index (χ3v) is 8.55. The minimum Gasteiger partial charge on any atom is -0.394 e. The van der Waals surface area contributed by atoms with Crippen molar-refractivity contribution >= 4 is 11.8 Å². The highest BCUT2D eigenvalue weighted by Gasteiger charge is 2.48. The summed E-state index contributed by atoms with van der Waals surface area (Å²) in [5.74, 6) is 0. The van der Waals surface area contributed by atoms with Gasteiger partial charge < -0.3 is 30.5 Å². The van der Waals surface area contributed by atoms with Crippen molar-refractivity contribution in [3.63, 3.8) is 0 Å². The van der Waals surface area contributed by atoms with Crippen LogP contribution < -0.4 is 5.32 Å². The van der Waals surface area contributed by atoms with Gasteiger partial charge in [0.15, 0.2) is 0 Å². The Morgan fingerprint density at radius 1 is 1.00 bits per heavy atom. The van der Waals surface area contributed by atoms with Crippen molar-refractivity contribution in [2.75, 3.05) is 6.61 Å². The minimum absolute atomic E-state index is 0.0786. The maximum atomic E-state index is 10.4. The molecule has 27 heavy (non-hydrogen) atoms. The molecule has 0 bridgehead atoms. The second kappa shape index (κ2) is 8.09. The topological polar surface area (TPSA) is 102 Å². The Morgan fingerprint density at radius 3 is 2.30 bits per heavy atom. The predicted molar refractivity (Wildman–Crippen MR) is 107 cm³/mol. The molecule has 0 aromatic carbocycles. The van der Waals surface area contributed by atoms with Crippen molar-refractivity contribution in [3.05, 3.63) is 0 Å². The molecule has 8 atom stereocenters. The van der Waals surface area contributed by atoms with Gasteiger partial charge in [-0.25, -0.2) is 0 Å². The molecular weight excluding hydrogens is 366 g/mol. The van der Waals surface area contributed by atoms with Crippen LogP contribution in [0.25, 0.3) is 0 Å². The number of aliphatic hydroxyl groups is 4. The Morgan fingerprint density at radius 2 is 1.70 bits per heavy atom. The summed E-state index contributed by atoms with van der Waals surface area (Å²) in [7, 11) is 0. The Bertz CT molecular complexity index is 515. The van der Waals surface area contributed by atoms with E-state index in [9.17, 15) is 20.4 Å². The fourth-order valence-corrected chi connectivity index (χ4v) is 6.71. The molecule has 2 aliphatic carbocycles. The van der Waals surface area contributed by atoms with E-state index in [4.69, 9.17) is 4.74 Å². The first-order valence-corrected chi connectivity index (χ1v) is 11.2. The first kappa shape index (κ1) is 21.8. The second-order valence-electron chi connectivity index (χ2n) is 10.2. The number of ether oxygens (including phenoxy) is 1. The molecule has 0 spiro atoms. The van der Waals surface area contributed by atoms with Crippen LogP contribution in [0.2, 0.25) is 0 Å². The predicted octanol–water partition coefficient (Wildman–Crippen LogP) is 1.24. The monoisotopic (exact) mass is 403 g/mol. The van der Waals surface area contributed by atoms with Crippen LogP contribution in [0.5, 0.6) is 0 Å². The molecule has 2 saturated carbocycles. The smallest absolute Gasteiger partial charge is 0.132 e. The van der Waals surface area contributed by atoms with Gasteiger partial charge in [-0.15, -0.1) is 11.8 Å². The highest BCUT2D eigenvalue weighted by Crippen LogP contribution is 2.48. The lowest BCUT2D eigenvalue weighted by atomic mass is 9.91. The minimum atomic E-state index is -1.30. The fourth-order valence-electron chi connectivity index (χ4n) is 5.05. The quantitative estimate of drug-likeness (QED) is 0.471. The molecule has 3 unspecified atom stereocenters. The Labute approximate surface area is 167 Å². The van der Waals surface area contributed by atoms with Gasteiger partial charge in [-0.1, -0.05) is 27.7 Å². The van der Waals surface area contributed by atoms with E-state index in [1.165, 1.54) is 31.0 Å². The molecule has 5 N–H and O–H groups in total. The van der Waals surface area contributed by atoms with Crippen molar-refractivity contribution in [1.82, 2.24) is 5.32 Å². The Hall–Kier alpha value is 0.110. The van der Waals surface area contributed by atoms with Crippen LogP contribution in [-0.4, -0.2) is 74.2 Å². The van der Waals surface area contributed by atoms with Crippen molar-refractivity contribution in [3.8, 4) is 0 Å². The van der Waals surface area contributed by atoms with Gasteiger partial charge in [0.1, 0.15) is 29.9 Å². The molecule has 3 aliphatic rings. The van der Waals surface area contributed by atoms with E-state index in [1.54, 1.807) is 0 Å². The lowest BCUT2D eigenvalue weighted by molar-refractivity contribution is -0.205. The summed E-state index contributed by atoms with van der Waals surface area (Å²) in [6, 6.07) is 1.03. The number of rotatable bonds is 5. The van der Waals surface area contributed by atoms with Gasteiger partial charge in [-0.2, -0.15) is 0 Å². The van der Waals surface area contributed by atoms with Crippen LogP contribution in [0.3, 0.4) is 0 Å². The highest BCUT2D eigenvalue weighted by molar-refractivity contribution is 8.00. The Kier molecular flexibility index (Phi) is 6.54. The summed E-state index contributed by atoms with van der Waals surface area (Å²) in [4.78, 5) is 0. The van der Waals surface area contributed by atoms with Crippen LogP contribution >= 0.6 is 11.8 Å². The van der Waals surface area contributed by atoms with Crippen molar-refractivity contribution < 1.29 is 25.2 Å². The van der Waals surface area contributed by atoms with Crippen molar-refractivity contribution in [1.29, 1.82) is 0 Å². The number of nitrogens with one attached hydrogen (secondary N) is 1. The first-order chi connectivity index (χ1) is 12.5. The molecule has 0 radical (unpaired) electrons. The van der Waals surface area contributed by atoms with E-state index in [0.717, 1.165) is 12.8 Å². The first-order valence-electron chi connectivity index (χ1n) is 10.2. The van der Waals surface area contributed by atoms with Crippen LogP contribution in [0.1, 0.15) is 59.8 Å². The number of hydrogen-bond donors (Lipinski definition) is 5. The standard InChI is InChI=1S/C20H37NO5S/c1-19(2)6-5-11(8-19)21-12-7-14(20(3,4)9-12)27-18-17(25)16(24)15(23)13(10-22)26-18/h11-18,21-25H,5-10H2,1-4H3/t11?,12?,13-,14?,15+,16+,17-,18+/m1/s1. The molecule has 1 saturated heterocycles. The van der Waals surface area contributed by atoms with Gasteiger partial charge >= 0.3 is 0 Å². The molecule has 1 aliphatic heterocycles. The van der Waals surface area contributed by atoms with Crippen molar-refractivity contribution in [2.45, 2.75) is 107 Å². The molecule has 7 heteroatoms. The SMILES string of the molecule is CC1(C)CCC(NC2CC(S[C@@H]3O[C@H](CO)[C@H](O)[C@H](O)[C@H]3O)C(C)(C)C2)C1. The van der Waals surface area contributed by atoms with E-state index >= 15 is 0 Å². The summed E-state index contributed by atoms with van der Waals surface area (Å²) in [5.41, 5.74) is -0.139. The second-order valence-corrected chi connectivity index (χ2v) is 11.5. The highest BCUT2D eigenvalue weighted by atomic mass is 32.2. The van der Waals surface area contributed by atoms with Gasteiger partial charge in [0.25, 0.3) is 0 Å². The Balaban J connectivity index is 1.59. The third-order valence-electron chi connectivity index (χ3n) is 6.73. The van der Waals surface area contributed by atoms with Crippen LogP contribution in [0, 0.1) is 10.8 Å². The van der Waals surface area contributed by atoms with Crippen LogP contribution in [0.15, 0.2) is 0 Å². The molecule has 3 rings (SSSR count). The van der Waals surface area contributed by atoms with Gasteiger partial charge in [-0.3, -0.25) is 0 Å². The fraction of sp³-hybridized carbons (Fsp3) is 1.00.